The number of benzene rings is 1. The first-order valence-corrected chi connectivity index (χ1v) is 7.93. The van der Waals surface area contributed by atoms with Gasteiger partial charge in [-0.25, -0.2) is 4.98 Å². The number of H-pyrrole nitrogens is 1. The summed E-state index contributed by atoms with van der Waals surface area (Å²) in [5.74, 6) is 2.01. The van der Waals surface area contributed by atoms with Crippen LogP contribution >= 0.6 is 0 Å². The van der Waals surface area contributed by atoms with E-state index in [1.807, 2.05) is 0 Å². The molecule has 1 aromatic heterocycles. The Labute approximate surface area is 120 Å². The molecule has 3 heteroatoms. The molecule has 2 aromatic rings. The third-order valence-electron chi connectivity index (χ3n) is 5.13. The van der Waals surface area contributed by atoms with Crippen LogP contribution in [0.3, 0.4) is 0 Å². The monoisotopic (exact) mass is 269 g/mol. The predicted molar refractivity (Wildman–Crippen MR) is 81.8 cm³/mol. The van der Waals surface area contributed by atoms with E-state index >= 15 is 0 Å². The molecular weight excluding hydrogens is 246 g/mol. The van der Waals surface area contributed by atoms with Gasteiger partial charge in [0.15, 0.2) is 0 Å². The SMILES string of the molecule is Cc1cc(C)c2nc(C3CC4CCCCC4N3)[nH]c2c1. The summed E-state index contributed by atoms with van der Waals surface area (Å²) >= 11 is 0. The molecule has 3 atom stereocenters. The van der Waals surface area contributed by atoms with E-state index < -0.39 is 0 Å². The maximum atomic E-state index is 4.88. The molecule has 3 nitrogen and oxygen atoms in total. The van der Waals surface area contributed by atoms with Crippen molar-refractivity contribution < 1.29 is 0 Å². The van der Waals surface area contributed by atoms with Crippen molar-refractivity contribution in [1.29, 1.82) is 0 Å². The number of hydrogen-bond acceptors (Lipinski definition) is 2. The van der Waals surface area contributed by atoms with E-state index in [9.17, 15) is 0 Å². The van der Waals surface area contributed by atoms with Crippen molar-refractivity contribution >= 4 is 11.0 Å². The molecule has 2 N–H and O–H groups in total. The summed E-state index contributed by atoms with van der Waals surface area (Å²) in [5.41, 5.74) is 4.91. The largest absolute Gasteiger partial charge is 0.341 e. The number of imidazole rings is 1. The summed E-state index contributed by atoms with van der Waals surface area (Å²) in [4.78, 5) is 8.43. The number of nitrogens with one attached hydrogen (secondary N) is 2. The van der Waals surface area contributed by atoms with Crippen molar-refractivity contribution in [3.05, 3.63) is 29.1 Å². The van der Waals surface area contributed by atoms with Crippen molar-refractivity contribution in [1.82, 2.24) is 15.3 Å². The van der Waals surface area contributed by atoms with Crippen LogP contribution in [-0.2, 0) is 0 Å². The molecule has 20 heavy (non-hydrogen) atoms. The highest BCUT2D eigenvalue weighted by molar-refractivity contribution is 5.79. The molecule has 0 spiro atoms. The van der Waals surface area contributed by atoms with Gasteiger partial charge >= 0.3 is 0 Å². The summed E-state index contributed by atoms with van der Waals surface area (Å²) in [6.45, 7) is 4.30. The second-order valence-electron chi connectivity index (χ2n) is 6.71. The molecule has 1 aliphatic heterocycles. The molecule has 2 fully saturated rings. The minimum atomic E-state index is 0.426. The van der Waals surface area contributed by atoms with Crippen LogP contribution in [0.25, 0.3) is 11.0 Å². The van der Waals surface area contributed by atoms with Crippen LogP contribution in [-0.4, -0.2) is 16.0 Å². The zero-order valence-electron chi connectivity index (χ0n) is 12.4. The fourth-order valence-corrected chi connectivity index (χ4v) is 4.18. The molecule has 4 rings (SSSR count). The molecule has 0 amide bonds. The van der Waals surface area contributed by atoms with Gasteiger partial charge in [0, 0.05) is 6.04 Å². The predicted octanol–water partition coefficient (Wildman–Crippen LogP) is 3.77. The van der Waals surface area contributed by atoms with E-state index in [0.717, 1.165) is 23.3 Å². The Bertz CT molecular complexity index is 629. The minimum absolute atomic E-state index is 0.426. The van der Waals surface area contributed by atoms with Gasteiger partial charge in [0.2, 0.25) is 0 Å². The van der Waals surface area contributed by atoms with Gasteiger partial charge in [0.25, 0.3) is 0 Å². The first-order chi connectivity index (χ1) is 9.70. The number of hydrogen-bond donors (Lipinski definition) is 2. The Morgan fingerprint density at radius 2 is 2.00 bits per heavy atom. The van der Waals surface area contributed by atoms with Crippen LogP contribution in [0.2, 0.25) is 0 Å². The van der Waals surface area contributed by atoms with E-state index in [1.165, 1.54) is 48.7 Å². The van der Waals surface area contributed by atoms with Crippen molar-refractivity contribution in [3.8, 4) is 0 Å². The molecule has 1 saturated heterocycles. The van der Waals surface area contributed by atoms with Crippen LogP contribution in [0.4, 0.5) is 0 Å². The number of fused-ring (bicyclic) bond motifs is 2. The smallest absolute Gasteiger partial charge is 0.124 e. The van der Waals surface area contributed by atoms with Crippen LogP contribution < -0.4 is 5.32 Å². The van der Waals surface area contributed by atoms with E-state index in [0.29, 0.717) is 6.04 Å². The molecule has 106 valence electrons. The lowest BCUT2D eigenvalue weighted by atomic mass is 9.85. The minimum Gasteiger partial charge on any atom is -0.341 e. The summed E-state index contributed by atoms with van der Waals surface area (Å²) < 4.78 is 0. The molecule has 0 radical (unpaired) electrons. The number of aryl methyl sites for hydroxylation is 2. The van der Waals surface area contributed by atoms with Gasteiger partial charge in [-0.05, 0) is 56.2 Å². The summed E-state index contributed by atoms with van der Waals surface area (Å²) in [6.07, 6.45) is 6.79. The van der Waals surface area contributed by atoms with E-state index in [4.69, 9.17) is 4.98 Å². The zero-order valence-corrected chi connectivity index (χ0v) is 12.4. The lowest BCUT2D eigenvalue weighted by molar-refractivity contribution is 0.325. The first kappa shape index (κ1) is 12.4. The molecule has 3 unspecified atom stereocenters. The highest BCUT2D eigenvalue weighted by Gasteiger charge is 2.36. The zero-order chi connectivity index (χ0) is 13.7. The molecule has 0 bridgehead atoms. The quantitative estimate of drug-likeness (QED) is 0.827. The first-order valence-electron chi connectivity index (χ1n) is 7.93. The molecule has 2 heterocycles. The molecule has 1 saturated carbocycles. The van der Waals surface area contributed by atoms with Gasteiger partial charge in [-0.2, -0.15) is 0 Å². The summed E-state index contributed by atoms with van der Waals surface area (Å²) in [7, 11) is 0. The third-order valence-corrected chi connectivity index (χ3v) is 5.13. The number of rotatable bonds is 1. The summed E-state index contributed by atoms with van der Waals surface area (Å²) in [5, 5.41) is 3.81. The van der Waals surface area contributed by atoms with Crippen molar-refractivity contribution in [3.63, 3.8) is 0 Å². The van der Waals surface area contributed by atoms with E-state index in [-0.39, 0.29) is 0 Å². The Morgan fingerprint density at radius 3 is 2.85 bits per heavy atom. The van der Waals surface area contributed by atoms with Crippen LogP contribution in [0, 0.1) is 19.8 Å². The van der Waals surface area contributed by atoms with Crippen LogP contribution in [0.15, 0.2) is 12.1 Å². The Balaban J connectivity index is 1.67. The van der Waals surface area contributed by atoms with Crippen LogP contribution in [0.1, 0.15) is 55.1 Å². The van der Waals surface area contributed by atoms with Gasteiger partial charge in [0.1, 0.15) is 5.82 Å². The van der Waals surface area contributed by atoms with Crippen molar-refractivity contribution in [2.75, 3.05) is 0 Å². The maximum absolute atomic E-state index is 4.88. The number of aromatic nitrogens is 2. The molecule has 2 aliphatic rings. The van der Waals surface area contributed by atoms with Crippen molar-refractivity contribution in [2.24, 2.45) is 5.92 Å². The number of nitrogens with zero attached hydrogens (tertiary/aromatic N) is 1. The maximum Gasteiger partial charge on any atom is 0.124 e. The fourth-order valence-electron chi connectivity index (χ4n) is 4.18. The van der Waals surface area contributed by atoms with E-state index in [1.54, 1.807) is 0 Å². The Kier molecular flexibility index (Phi) is 2.84. The normalized spacial score (nSPS) is 29.8. The van der Waals surface area contributed by atoms with E-state index in [2.05, 4.69) is 36.3 Å². The highest BCUT2D eigenvalue weighted by Crippen LogP contribution is 2.38. The standard InChI is InChI=1S/C17H23N3/c1-10-7-11(2)16-14(8-10)19-17(20-16)15-9-12-5-3-4-6-13(12)18-15/h7-8,12-13,15,18H,3-6,9H2,1-2H3,(H,19,20). The summed E-state index contributed by atoms with van der Waals surface area (Å²) in [6, 6.07) is 5.58. The fraction of sp³-hybridized carbons (Fsp3) is 0.588. The van der Waals surface area contributed by atoms with Crippen molar-refractivity contribution in [2.45, 2.75) is 58.0 Å². The van der Waals surface area contributed by atoms with Gasteiger partial charge in [-0.3, -0.25) is 0 Å². The second-order valence-corrected chi connectivity index (χ2v) is 6.71. The second kappa shape index (κ2) is 4.59. The molecule has 1 aromatic carbocycles. The lowest BCUT2D eigenvalue weighted by Crippen LogP contribution is -2.30. The Hall–Kier alpha value is -1.35. The molecule has 1 aliphatic carbocycles. The third kappa shape index (κ3) is 1.96. The lowest BCUT2D eigenvalue weighted by Gasteiger charge is -2.24. The van der Waals surface area contributed by atoms with Gasteiger partial charge in [-0.1, -0.05) is 18.9 Å². The Morgan fingerprint density at radius 1 is 1.15 bits per heavy atom. The van der Waals surface area contributed by atoms with Crippen LogP contribution in [0.5, 0.6) is 0 Å². The topological polar surface area (TPSA) is 40.7 Å². The highest BCUT2D eigenvalue weighted by atomic mass is 15.1. The average Bonchev–Trinajstić information content (AvgIpc) is 3.01. The number of aromatic amines is 1. The van der Waals surface area contributed by atoms with Gasteiger partial charge in [-0.15, -0.1) is 0 Å². The average molecular weight is 269 g/mol. The molecular formula is C17H23N3. The van der Waals surface area contributed by atoms with Gasteiger partial charge in [0.05, 0.1) is 17.1 Å². The van der Waals surface area contributed by atoms with Gasteiger partial charge < -0.3 is 10.3 Å².